The van der Waals surface area contributed by atoms with Gasteiger partial charge in [-0.3, -0.25) is 10.1 Å². The highest BCUT2D eigenvalue weighted by Crippen LogP contribution is 2.24. The van der Waals surface area contributed by atoms with E-state index < -0.39 is 4.92 Å². The van der Waals surface area contributed by atoms with Crippen LogP contribution in [0.3, 0.4) is 0 Å². The van der Waals surface area contributed by atoms with Crippen molar-refractivity contribution in [1.82, 2.24) is 4.57 Å². The molecule has 0 radical (unpaired) electrons. The van der Waals surface area contributed by atoms with Crippen molar-refractivity contribution < 1.29 is 4.92 Å². The second kappa shape index (κ2) is 5.85. The Kier molecular flexibility index (Phi) is 3.74. The molecule has 0 unspecified atom stereocenters. The minimum atomic E-state index is -0.437. The number of benzene rings is 2. The molecule has 0 saturated carbocycles. The van der Waals surface area contributed by atoms with Gasteiger partial charge in [0, 0.05) is 35.3 Å². The van der Waals surface area contributed by atoms with Gasteiger partial charge in [0.2, 0.25) is 6.20 Å². The van der Waals surface area contributed by atoms with Gasteiger partial charge in [-0.2, -0.15) is 0 Å². The first-order chi connectivity index (χ1) is 10.6. The molecule has 4 nitrogen and oxygen atoms in total. The van der Waals surface area contributed by atoms with E-state index in [4.69, 9.17) is 0 Å². The summed E-state index contributed by atoms with van der Waals surface area (Å²) in [5, 5.41) is 11.6. The fraction of sp³-hybridized carbons (Fsp3) is 0.111. The predicted molar refractivity (Wildman–Crippen MR) is 88.2 cm³/mol. The van der Waals surface area contributed by atoms with E-state index in [1.165, 1.54) is 11.1 Å². The molecule has 3 aromatic rings. The number of nitro groups is 1. The summed E-state index contributed by atoms with van der Waals surface area (Å²) in [6, 6.07) is 16.2. The lowest BCUT2D eigenvalue weighted by Gasteiger charge is -2.08. The Hall–Kier alpha value is -2.88. The van der Waals surface area contributed by atoms with E-state index in [1.54, 1.807) is 6.08 Å². The van der Waals surface area contributed by atoms with E-state index in [1.807, 2.05) is 42.6 Å². The SMILES string of the molecule is Cc1ccccc1Cn1cc(/C=C/[N+](=O)[O-])c2ccccc21. The van der Waals surface area contributed by atoms with Crippen molar-refractivity contribution in [1.29, 1.82) is 0 Å². The highest BCUT2D eigenvalue weighted by molar-refractivity contribution is 5.89. The van der Waals surface area contributed by atoms with Crippen LogP contribution in [0.5, 0.6) is 0 Å². The van der Waals surface area contributed by atoms with E-state index >= 15 is 0 Å². The molecule has 22 heavy (non-hydrogen) atoms. The van der Waals surface area contributed by atoms with Gasteiger partial charge in [0.15, 0.2) is 0 Å². The Morgan fingerprint density at radius 2 is 1.86 bits per heavy atom. The van der Waals surface area contributed by atoms with E-state index in [2.05, 4.69) is 23.6 Å². The fourth-order valence-corrected chi connectivity index (χ4v) is 2.65. The van der Waals surface area contributed by atoms with E-state index in [9.17, 15) is 10.1 Å². The normalized spacial score (nSPS) is 11.3. The first-order valence-corrected chi connectivity index (χ1v) is 7.09. The molecule has 0 aliphatic heterocycles. The third kappa shape index (κ3) is 2.76. The maximum atomic E-state index is 10.6. The van der Waals surface area contributed by atoms with Gasteiger partial charge in [-0.15, -0.1) is 0 Å². The highest BCUT2D eigenvalue weighted by Gasteiger charge is 2.08. The lowest BCUT2D eigenvalue weighted by Crippen LogP contribution is -1.99. The Bertz CT molecular complexity index is 862. The number of hydrogen-bond donors (Lipinski definition) is 0. The highest BCUT2D eigenvalue weighted by atomic mass is 16.6. The minimum Gasteiger partial charge on any atom is -0.342 e. The van der Waals surface area contributed by atoms with Gasteiger partial charge < -0.3 is 4.57 Å². The molecule has 0 bridgehead atoms. The molecule has 4 heteroatoms. The number of rotatable bonds is 4. The summed E-state index contributed by atoms with van der Waals surface area (Å²) in [7, 11) is 0. The van der Waals surface area contributed by atoms with Gasteiger partial charge in [0.25, 0.3) is 0 Å². The molecule has 0 atom stereocenters. The first-order valence-electron chi connectivity index (χ1n) is 7.09. The molecule has 0 N–H and O–H groups in total. The van der Waals surface area contributed by atoms with Gasteiger partial charge in [-0.05, 0) is 24.1 Å². The maximum Gasteiger partial charge on any atom is 0.235 e. The standard InChI is InChI=1S/C18H16N2O2/c1-14-6-2-3-7-15(14)12-19-13-16(10-11-20(21)22)17-8-4-5-9-18(17)19/h2-11,13H,12H2,1H3/b11-10+. The fourth-order valence-electron chi connectivity index (χ4n) is 2.65. The topological polar surface area (TPSA) is 48.1 Å². The molecule has 1 heterocycles. The monoisotopic (exact) mass is 292 g/mol. The summed E-state index contributed by atoms with van der Waals surface area (Å²) < 4.78 is 2.14. The van der Waals surface area contributed by atoms with Crippen molar-refractivity contribution >= 4 is 17.0 Å². The van der Waals surface area contributed by atoms with Crippen molar-refractivity contribution in [3.63, 3.8) is 0 Å². The largest absolute Gasteiger partial charge is 0.342 e. The summed E-state index contributed by atoms with van der Waals surface area (Å²) in [5.74, 6) is 0. The van der Waals surface area contributed by atoms with Crippen LogP contribution < -0.4 is 0 Å². The number of aryl methyl sites for hydroxylation is 1. The number of aromatic nitrogens is 1. The molecular formula is C18H16N2O2. The second-order valence-electron chi connectivity index (χ2n) is 5.26. The molecule has 0 amide bonds. The lowest BCUT2D eigenvalue weighted by atomic mass is 10.1. The van der Waals surface area contributed by atoms with E-state index in [-0.39, 0.29) is 0 Å². The zero-order valence-corrected chi connectivity index (χ0v) is 12.3. The van der Waals surface area contributed by atoms with Gasteiger partial charge in [0.05, 0.1) is 4.92 Å². The van der Waals surface area contributed by atoms with Crippen molar-refractivity contribution in [3.05, 3.63) is 87.7 Å². The summed E-state index contributed by atoms with van der Waals surface area (Å²) in [4.78, 5) is 10.1. The van der Waals surface area contributed by atoms with Crippen LogP contribution in [0.15, 0.2) is 60.9 Å². The summed E-state index contributed by atoms with van der Waals surface area (Å²) >= 11 is 0. The minimum absolute atomic E-state index is 0.437. The third-order valence-corrected chi connectivity index (χ3v) is 3.80. The maximum absolute atomic E-state index is 10.6. The molecule has 0 aliphatic carbocycles. The molecule has 0 fully saturated rings. The van der Waals surface area contributed by atoms with E-state index in [0.717, 1.165) is 29.2 Å². The van der Waals surface area contributed by atoms with Crippen LogP contribution in [0.25, 0.3) is 17.0 Å². The average molecular weight is 292 g/mol. The van der Waals surface area contributed by atoms with Crippen molar-refractivity contribution in [2.75, 3.05) is 0 Å². The Labute approximate surface area is 128 Å². The Morgan fingerprint density at radius 1 is 1.14 bits per heavy atom. The quantitative estimate of drug-likeness (QED) is 0.533. The van der Waals surface area contributed by atoms with Crippen LogP contribution in [-0.4, -0.2) is 9.49 Å². The summed E-state index contributed by atoms with van der Waals surface area (Å²) in [6.45, 7) is 2.84. The van der Waals surface area contributed by atoms with Gasteiger partial charge >= 0.3 is 0 Å². The molecule has 3 rings (SSSR count). The zero-order chi connectivity index (χ0) is 15.5. The lowest BCUT2D eigenvalue weighted by molar-refractivity contribution is -0.400. The summed E-state index contributed by atoms with van der Waals surface area (Å²) in [6.07, 6.45) is 4.51. The third-order valence-electron chi connectivity index (χ3n) is 3.80. The number of nitrogens with zero attached hydrogens (tertiary/aromatic N) is 2. The van der Waals surface area contributed by atoms with Crippen molar-refractivity contribution in [2.45, 2.75) is 13.5 Å². The van der Waals surface area contributed by atoms with Crippen LogP contribution in [0, 0.1) is 17.0 Å². The van der Waals surface area contributed by atoms with E-state index in [0.29, 0.717) is 0 Å². The second-order valence-corrected chi connectivity index (χ2v) is 5.26. The van der Waals surface area contributed by atoms with Crippen LogP contribution in [0.1, 0.15) is 16.7 Å². The van der Waals surface area contributed by atoms with Crippen molar-refractivity contribution in [2.24, 2.45) is 0 Å². The molecule has 0 spiro atoms. The van der Waals surface area contributed by atoms with Crippen LogP contribution in [0.2, 0.25) is 0 Å². The molecule has 110 valence electrons. The number of hydrogen-bond acceptors (Lipinski definition) is 2. The first kappa shape index (κ1) is 14.1. The van der Waals surface area contributed by atoms with Crippen molar-refractivity contribution in [3.8, 4) is 0 Å². The van der Waals surface area contributed by atoms with Gasteiger partial charge in [-0.25, -0.2) is 0 Å². The average Bonchev–Trinajstić information content (AvgIpc) is 2.86. The van der Waals surface area contributed by atoms with Crippen LogP contribution >= 0.6 is 0 Å². The smallest absolute Gasteiger partial charge is 0.235 e. The molecule has 0 aliphatic rings. The number of fused-ring (bicyclic) bond motifs is 1. The predicted octanol–water partition coefficient (Wildman–Crippen LogP) is 4.25. The summed E-state index contributed by atoms with van der Waals surface area (Å²) in [5.41, 5.74) is 4.42. The van der Waals surface area contributed by atoms with Crippen LogP contribution in [0.4, 0.5) is 0 Å². The Balaban J connectivity index is 2.07. The molecule has 2 aromatic carbocycles. The van der Waals surface area contributed by atoms with Gasteiger partial charge in [-0.1, -0.05) is 42.5 Å². The molecule has 0 saturated heterocycles. The zero-order valence-electron chi connectivity index (χ0n) is 12.3. The molecular weight excluding hydrogens is 276 g/mol. The Morgan fingerprint density at radius 3 is 2.64 bits per heavy atom. The van der Waals surface area contributed by atoms with Crippen LogP contribution in [-0.2, 0) is 6.54 Å². The number of para-hydroxylation sites is 1. The van der Waals surface area contributed by atoms with Gasteiger partial charge in [0.1, 0.15) is 0 Å². The molecule has 1 aromatic heterocycles.